The number of hydrogen-bond acceptors (Lipinski definition) is 2. The normalized spacial score (nSPS) is 14.3. The molecule has 1 heterocycles. The van der Waals surface area contributed by atoms with Gasteiger partial charge in [-0.1, -0.05) is 37.3 Å². The van der Waals surface area contributed by atoms with Gasteiger partial charge < -0.3 is 9.80 Å². The molecule has 0 spiro atoms. The van der Waals surface area contributed by atoms with E-state index in [9.17, 15) is 14.0 Å². The number of carbonyl (C=O) groups excluding carboxylic acids is 2. The fourth-order valence-electron chi connectivity index (χ4n) is 3.31. The molecule has 0 atom stereocenters. The second kappa shape index (κ2) is 8.80. The molecule has 0 bridgehead atoms. The molecule has 142 valence electrons. The molecular weight excluding hydrogens is 343 g/mol. The predicted octanol–water partition coefficient (Wildman–Crippen LogP) is 3.31. The van der Waals surface area contributed by atoms with Crippen molar-refractivity contribution in [2.75, 3.05) is 26.2 Å². The summed E-state index contributed by atoms with van der Waals surface area (Å²) in [7, 11) is 0. The molecule has 0 radical (unpaired) electrons. The highest BCUT2D eigenvalue weighted by Crippen LogP contribution is 2.13. The molecule has 1 saturated heterocycles. The van der Waals surface area contributed by atoms with Crippen LogP contribution < -0.4 is 0 Å². The zero-order chi connectivity index (χ0) is 19.2. The number of nitrogens with zero attached hydrogens (tertiary/aromatic N) is 2. The van der Waals surface area contributed by atoms with Crippen molar-refractivity contribution in [1.29, 1.82) is 0 Å². The van der Waals surface area contributed by atoms with Gasteiger partial charge in [-0.25, -0.2) is 4.39 Å². The van der Waals surface area contributed by atoms with Crippen molar-refractivity contribution >= 4 is 11.8 Å². The average molecular weight is 368 g/mol. The molecular formula is C22H25FN2O2. The summed E-state index contributed by atoms with van der Waals surface area (Å²) in [6.45, 7) is 4.12. The minimum absolute atomic E-state index is 0.118. The number of benzene rings is 2. The van der Waals surface area contributed by atoms with Gasteiger partial charge in [-0.2, -0.15) is 0 Å². The van der Waals surface area contributed by atoms with Crippen molar-refractivity contribution in [3.63, 3.8) is 0 Å². The van der Waals surface area contributed by atoms with Gasteiger partial charge in [0.25, 0.3) is 5.91 Å². The van der Waals surface area contributed by atoms with Gasteiger partial charge in [-0.05, 0) is 42.2 Å². The molecule has 0 saturated carbocycles. The average Bonchev–Trinajstić information content (AvgIpc) is 2.72. The predicted molar refractivity (Wildman–Crippen MR) is 103 cm³/mol. The summed E-state index contributed by atoms with van der Waals surface area (Å²) in [6.07, 6.45) is 2.21. The van der Waals surface area contributed by atoms with Crippen LogP contribution in [0.5, 0.6) is 0 Å². The highest BCUT2D eigenvalue weighted by atomic mass is 19.1. The van der Waals surface area contributed by atoms with Crippen molar-refractivity contribution in [3.8, 4) is 0 Å². The van der Waals surface area contributed by atoms with E-state index in [1.807, 2.05) is 4.90 Å². The Morgan fingerprint density at radius 2 is 1.56 bits per heavy atom. The Morgan fingerprint density at radius 1 is 0.926 bits per heavy atom. The van der Waals surface area contributed by atoms with Crippen LogP contribution in [0.3, 0.4) is 0 Å². The van der Waals surface area contributed by atoms with Gasteiger partial charge in [0, 0.05) is 38.2 Å². The van der Waals surface area contributed by atoms with Crippen LogP contribution in [0.1, 0.15) is 34.8 Å². The minimum Gasteiger partial charge on any atom is -0.339 e. The van der Waals surface area contributed by atoms with Crippen LogP contribution in [-0.4, -0.2) is 47.8 Å². The lowest BCUT2D eigenvalue weighted by Gasteiger charge is -2.35. The maximum atomic E-state index is 13.3. The van der Waals surface area contributed by atoms with Crippen LogP contribution in [-0.2, 0) is 17.6 Å². The van der Waals surface area contributed by atoms with Crippen molar-refractivity contribution < 1.29 is 14.0 Å². The van der Waals surface area contributed by atoms with Crippen LogP contribution in [0.25, 0.3) is 0 Å². The first kappa shape index (κ1) is 19.1. The van der Waals surface area contributed by atoms with E-state index < -0.39 is 5.82 Å². The number of rotatable bonds is 5. The Labute approximate surface area is 159 Å². The van der Waals surface area contributed by atoms with E-state index in [1.165, 1.54) is 29.3 Å². The van der Waals surface area contributed by atoms with Gasteiger partial charge in [-0.3, -0.25) is 9.59 Å². The van der Waals surface area contributed by atoms with Crippen molar-refractivity contribution in [1.82, 2.24) is 9.80 Å². The number of piperazine rings is 1. The molecule has 5 heteroatoms. The molecule has 2 aromatic carbocycles. The SMILES string of the molecule is CCc1ccc(CCC(=O)N2CCN(C(=O)c3cccc(F)c3)CC2)cc1. The van der Waals surface area contributed by atoms with Crippen molar-refractivity contribution in [3.05, 3.63) is 71.0 Å². The summed E-state index contributed by atoms with van der Waals surface area (Å²) in [5, 5.41) is 0. The monoisotopic (exact) mass is 368 g/mol. The van der Waals surface area contributed by atoms with Crippen LogP contribution in [0.15, 0.2) is 48.5 Å². The molecule has 0 N–H and O–H groups in total. The van der Waals surface area contributed by atoms with Gasteiger partial charge in [0.2, 0.25) is 5.91 Å². The highest BCUT2D eigenvalue weighted by molar-refractivity contribution is 5.94. The molecule has 1 aliphatic heterocycles. The Balaban J connectivity index is 1.48. The fraction of sp³-hybridized carbons (Fsp3) is 0.364. The molecule has 0 aliphatic carbocycles. The summed E-state index contributed by atoms with van der Waals surface area (Å²) < 4.78 is 13.3. The van der Waals surface area contributed by atoms with E-state index >= 15 is 0 Å². The maximum Gasteiger partial charge on any atom is 0.254 e. The second-order valence-electron chi connectivity index (χ2n) is 6.85. The van der Waals surface area contributed by atoms with Gasteiger partial charge in [0.1, 0.15) is 5.82 Å². The number of carbonyl (C=O) groups is 2. The Kier molecular flexibility index (Phi) is 6.22. The molecule has 3 rings (SSSR count). The first-order valence-corrected chi connectivity index (χ1v) is 9.47. The highest BCUT2D eigenvalue weighted by Gasteiger charge is 2.24. The zero-order valence-electron chi connectivity index (χ0n) is 15.7. The third kappa shape index (κ3) is 4.94. The zero-order valence-corrected chi connectivity index (χ0v) is 15.7. The molecule has 1 aliphatic rings. The smallest absolute Gasteiger partial charge is 0.254 e. The lowest BCUT2D eigenvalue weighted by atomic mass is 10.1. The van der Waals surface area contributed by atoms with Crippen molar-refractivity contribution in [2.45, 2.75) is 26.2 Å². The van der Waals surface area contributed by atoms with E-state index in [2.05, 4.69) is 31.2 Å². The summed E-state index contributed by atoms with van der Waals surface area (Å²) in [6, 6.07) is 14.1. The number of halogens is 1. The third-order valence-corrected chi connectivity index (χ3v) is 5.05. The topological polar surface area (TPSA) is 40.6 Å². The van der Waals surface area contributed by atoms with E-state index in [-0.39, 0.29) is 11.8 Å². The van der Waals surface area contributed by atoms with Crippen molar-refractivity contribution in [2.24, 2.45) is 0 Å². The van der Waals surface area contributed by atoms with Crippen LogP contribution in [0, 0.1) is 5.82 Å². The molecule has 4 nitrogen and oxygen atoms in total. The first-order valence-electron chi connectivity index (χ1n) is 9.47. The third-order valence-electron chi connectivity index (χ3n) is 5.05. The van der Waals surface area contributed by atoms with Gasteiger partial charge >= 0.3 is 0 Å². The summed E-state index contributed by atoms with van der Waals surface area (Å²) in [5.41, 5.74) is 2.81. The molecule has 1 fully saturated rings. The molecule has 0 aromatic heterocycles. The Hall–Kier alpha value is -2.69. The lowest BCUT2D eigenvalue weighted by Crippen LogP contribution is -2.50. The van der Waals surface area contributed by atoms with E-state index in [0.717, 1.165) is 12.8 Å². The number of amides is 2. The minimum atomic E-state index is -0.415. The van der Waals surface area contributed by atoms with Gasteiger partial charge in [0.15, 0.2) is 0 Å². The Morgan fingerprint density at radius 3 is 2.19 bits per heavy atom. The summed E-state index contributed by atoms with van der Waals surface area (Å²) >= 11 is 0. The lowest BCUT2D eigenvalue weighted by molar-refractivity contribution is -0.132. The van der Waals surface area contributed by atoms with E-state index in [4.69, 9.17) is 0 Å². The molecule has 2 aromatic rings. The summed E-state index contributed by atoms with van der Waals surface area (Å²) in [4.78, 5) is 28.4. The maximum absolute atomic E-state index is 13.3. The molecule has 2 amide bonds. The molecule has 27 heavy (non-hydrogen) atoms. The van der Waals surface area contributed by atoms with E-state index in [1.54, 1.807) is 11.0 Å². The number of aryl methyl sites for hydroxylation is 2. The van der Waals surface area contributed by atoms with Gasteiger partial charge in [0.05, 0.1) is 0 Å². The quantitative estimate of drug-likeness (QED) is 0.812. The Bertz CT molecular complexity index is 796. The van der Waals surface area contributed by atoms with E-state index in [0.29, 0.717) is 38.2 Å². The van der Waals surface area contributed by atoms with Crippen LogP contribution in [0.2, 0.25) is 0 Å². The molecule has 0 unspecified atom stereocenters. The largest absolute Gasteiger partial charge is 0.339 e. The standard InChI is InChI=1S/C22H25FN2O2/c1-2-17-6-8-18(9-7-17)10-11-21(26)24-12-14-25(15-13-24)22(27)19-4-3-5-20(23)16-19/h3-9,16H,2,10-15H2,1H3. The fourth-order valence-corrected chi connectivity index (χ4v) is 3.31. The van der Waals surface area contributed by atoms with Crippen LogP contribution in [0.4, 0.5) is 4.39 Å². The first-order chi connectivity index (χ1) is 13.1. The van der Waals surface area contributed by atoms with Crippen LogP contribution >= 0.6 is 0 Å². The second-order valence-corrected chi connectivity index (χ2v) is 6.85. The van der Waals surface area contributed by atoms with Gasteiger partial charge in [-0.15, -0.1) is 0 Å². The number of hydrogen-bond donors (Lipinski definition) is 0. The summed E-state index contributed by atoms with van der Waals surface area (Å²) in [5.74, 6) is -0.480.